The van der Waals surface area contributed by atoms with Crippen LogP contribution in [0.3, 0.4) is 0 Å². The van der Waals surface area contributed by atoms with E-state index in [1.54, 1.807) is 18.2 Å². The summed E-state index contributed by atoms with van der Waals surface area (Å²) in [5.41, 5.74) is 0. The molecule has 0 aliphatic rings. The van der Waals surface area contributed by atoms with Crippen molar-refractivity contribution in [2.24, 2.45) is 0 Å². The number of sulfonamides is 1. The van der Waals surface area contributed by atoms with Crippen LogP contribution < -0.4 is 4.72 Å². The Hall–Kier alpha value is -1.73. The molecule has 0 aliphatic heterocycles. The van der Waals surface area contributed by atoms with Gasteiger partial charge in [0, 0.05) is 13.0 Å². The second-order valence-corrected chi connectivity index (χ2v) is 5.06. The van der Waals surface area contributed by atoms with E-state index in [0.717, 1.165) is 0 Å². The van der Waals surface area contributed by atoms with E-state index in [9.17, 15) is 8.42 Å². The monoisotopic (exact) mass is 253 g/mol. The first-order valence-corrected chi connectivity index (χ1v) is 6.47. The smallest absolute Gasteiger partial charge is 0.240 e. The van der Waals surface area contributed by atoms with E-state index in [2.05, 4.69) is 14.9 Å². The molecule has 2 aromatic rings. The lowest BCUT2D eigenvalue weighted by atomic mass is 10.4. The van der Waals surface area contributed by atoms with Crippen LogP contribution in [0.2, 0.25) is 0 Å². The lowest BCUT2D eigenvalue weighted by Crippen LogP contribution is -2.26. The van der Waals surface area contributed by atoms with Gasteiger partial charge in [-0.2, -0.15) is 4.98 Å². The Bertz CT molecular complexity index is 552. The Morgan fingerprint density at radius 2 is 2.00 bits per heavy atom. The molecule has 0 atom stereocenters. The maximum Gasteiger partial charge on any atom is 0.240 e. The highest BCUT2D eigenvalue weighted by atomic mass is 32.2. The van der Waals surface area contributed by atoms with Crippen LogP contribution in [0, 0.1) is 0 Å². The van der Waals surface area contributed by atoms with Gasteiger partial charge in [0.15, 0.2) is 6.33 Å². The maximum atomic E-state index is 11.8. The van der Waals surface area contributed by atoms with Gasteiger partial charge in [0.1, 0.15) is 0 Å². The highest BCUT2D eigenvalue weighted by molar-refractivity contribution is 7.89. The van der Waals surface area contributed by atoms with Gasteiger partial charge in [-0.3, -0.25) is 0 Å². The van der Waals surface area contributed by atoms with Crippen LogP contribution in [0.5, 0.6) is 0 Å². The van der Waals surface area contributed by atoms with Crippen LogP contribution in [0.1, 0.15) is 5.89 Å². The normalized spacial score (nSPS) is 11.5. The van der Waals surface area contributed by atoms with Gasteiger partial charge in [-0.05, 0) is 12.1 Å². The van der Waals surface area contributed by atoms with Crippen molar-refractivity contribution in [1.29, 1.82) is 0 Å². The zero-order valence-electron chi connectivity index (χ0n) is 8.91. The fourth-order valence-electron chi connectivity index (χ4n) is 1.28. The van der Waals surface area contributed by atoms with Crippen molar-refractivity contribution in [3.63, 3.8) is 0 Å². The first-order chi connectivity index (χ1) is 8.18. The third-order valence-electron chi connectivity index (χ3n) is 2.09. The largest absolute Gasteiger partial charge is 0.340 e. The van der Waals surface area contributed by atoms with Crippen LogP contribution >= 0.6 is 0 Å². The molecule has 1 aromatic heterocycles. The first-order valence-electron chi connectivity index (χ1n) is 4.99. The van der Waals surface area contributed by atoms with E-state index < -0.39 is 10.0 Å². The first kappa shape index (κ1) is 11.7. The molecular formula is C10H11N3O3S. The molecule has 0 amide bonds. The van der Waals surface area contributed by atoms with E-state index in [-0.39, 0.29) is 11.4 Å². The molecule has 17 heavy (non-hydrogen) atoms. The van der Waals surface area contributed by atoms with Gasteiger partial charge < -0.3 is 4.52 Å². The van der Waals surface area contributed by atoms with Crippen LogP contribution in [-0.2, 0) is 16.4 Å². The lowest BCUT2D eigenvalue weighted by Gasteiger charge is -2.04. The van der Waals surface area contributed by atoms with Gasteiger partial charge in [-0.15, -0.1) is 0 Å². The fraction of sp³-hybridized carbons (Fsp3) is 0.200. The number of rotatable bonds is 5. The van der Waals surface area contributed by atoms with Crippen LogP contribution in [0.25, 0.3) is 0 Å². The van der Waals surface area contributed by atoms with Crippen molar-refractivity contribution in [1.82, 2.24) is 14.9 Å². The van der Waals surface area contributed by atoms with E-state index in [0.29, 0.717) is 12.3 Å². The van der Waals surface area contributed by atoms with Gasteiger partial charge >= 0.3 is 0 Å². The van der Waals surface area contributed by atoms with E-state index in [4.69, 9.17) is 4.52 Å². The third kappa shape index (κ3) is 3.11. The molecule has 0 bridgehead atoms. The maximum absolute atomic E-state index is 11.8. The highest BCUT2D eigenvalue weighted by Gasteiger charge is 2.12. The predicted molar refractivity (Wildman–Crippen MR) is 59.6 cm³/mol. The van der Waals surface area contributed by atoms with Crippen molar-refractivity contribution in [2.45, 2.75) is 11.3 Å². The van der Waals surface area contributed by atoms with Gasteiger partial charge in [-0.25, -0.2) is 13.1 Å². The second-order valence-electron chi connectivity index (χ2n) is 3.30. The summed E-state index contributed by atoms with van der Waals surface area (Å²) in [5.74, 6) is 0.403. The summed E-state index contributed by atoms with van der Waals surface area (Å²) >= 11 is 0. The molecule has 6 nitrogen and oxygen atoms in total. The topological polar surface area (TPSA) is 85.1 Å². The minimum atomic E-state index is -3.45. The Morgan fingerprint density at radius 3 is 2.65 bits per heavy atom. The van der Waals surface area contributed by atoms with Crippen molar-refractivity contribution in [3.8, 4) is 0 Å². The average molecular weight is 253 g/mol. The molecule has 90 valence electrons. The molecule has 1 heterocycles. The molecule has 1 N–H and O–H groups in total. The number of nitrogens with zero attached hydrogens (tertiary/aromatic N) is 2. The quantitative estimate of drug-likeness (QED) is 0.843. The summed E-state index contributed by atoms with van der Waals surface area (Å²) in [6.45, 7) is 0.222. The molecule has 1 aromatic carbocycles. The second kappa shape index (κ2) is 5.07. The van der Waals surface area contributed by atoms with Crippen molar-refractivity contribution in [2.75, 3.05) is 6.54 Å². The number of aromatic nitrogens is 2. The Balaban J connectivity index is 1.95. The third-order valence-corrected chi connectivity index (χ3v) is 3.57. The summed E-state index contributed by atoms with van der Waals surface area (Å²) in [4.78, 5) is 4.04. The zero-order valence-corrected chi connectivity index (χ0v) is 9.72. The van der Waals surface area contributed by atoms with E-state index in [1.165, 1.54) is 18.5 Å². The minimum Gasteiger partial charge on any atom is -0.340 e. The van der Waals surface area contributed by atoms with E-state index in [1.807, 2.05) is 0 Å². The van der Waals surface area contributed by atoms with Gasteiger partial charge in [-0.1, -0.05) is 23.4 Å². The number of hydrogen-bond donors (Lipinski definition) is 1. The number of nitrogens with one attached hydrogen (secondary N) is 1. The molecular weight excluding hydrogens is 242 g/mol. The summed E-state index contributed by atoms with van der Waals surface area (Å²) in [6.07, 6.45) is 1.65. The summed E-state index contributed by atoms with van der Waals surface area (Å²) < 4.78 is 30.8. The molecule has 0 spiro atoms. The van der Waals surface area contributed by atoms with Crippen molar-refractivity contribution < 1.29 is 12.9 Å². The molecule has 7 heteroatoms. The Kier molecular flexibility index (Phi) is 3.50. The average Bonchev–Trinajstić information content (AvgIpc) is 2.83. The summed E-state index contributed by atoms with van der Waals surface area (Å²) in [6, 6.07) is 8.18. The minimum absolute atomic E-state index is 0.222. The Labute approximate surface area is 98.7 Å². The van der Waals surface area contributed by atoms with Crippen LogP contribution in [0.15, 0.2) is 46.1 Å². The van der Waals surface area contributed by atoms with Crippen LogP contribution in [0.4, 0.5) is 0 Å². The Morgan fingerprint density at radius 1 is 1.24 bits per heavy atom. The molecule has 0 fully saturated rings. The zero-order chi connectivity index (χ0) is 12.1. The number of hydrogen-bond acceptors (Lipinski definition) is 5. The standard InChI is InChI=1S/C10H11N3O3S/c14-17(15,9-4-2-1-3-5-9)13-7-6-10-11-8-12-16-10/h1-5,8,13H,6-7H2. The van der Waals surface area contributed by atoms with Crippen LogP contribution in [-0.4, -0.2) is 25.1 Å². The molecule has 0 radical (unpaired) electrons. The van der Waals surface area contributed by atoms with Gasteiger partial charge in [0.05, 0.1) is 4.90 Å². The van der Waals surface area contributed by atoms with Crippen molar-refractivity contribution >= 4 is 10.0 Å². The molecule has 2 rings (SSSR count). The fourth-order valence-corrected chi connectivity index (χ4v) is 2.33. The summed E-state index contributed by atoms with van der Waals surface area (Å²) in [5, 5.41) is 3.43. The van der Waals surface area contributed by atoms with Gasteiger partial charge in [0.2, 0.25) is 15.9 Å². The molecule has 0 saturated carbocycles. The molecule has 0 aliphatic carbocycles. The van der Waals surface area contributed by atoms with Gasteiger partial charge in [0.25, 0.3) is 0 Å². The predicted octanol–water partition coefficient (Wildman–Crippen LogP) is 0.591. The molecule has 0 saturated heterocycles. The van der Waals surface area contributed by atoms with E-state index >= 15 is 0 Å². The highest BCUT2D eigenvalue weighted by Crippen LogP contribution is 2.06. The van der Waals surface area contributed by atoms with Crippen molar-refractivity contribution in [3.05, 3.63) is 42.5 Å². The SMILES string of the molecule is O=S(=O)(NCCc1ncno1)c1ccccc1. The molecule has 0 unspecified atom stereocenters. The summed E-state index contributed by atoms with van der Waals surface area (Å²) in [7, 11) is -3.45. The lowest BCUT2D eigenvalue weighted by molar-refractivity contribution is 0.377. The number of benzene rings is 1.